The zero-order chi connectivity index (χ0) is 10.3. The Balaban J connectivity index is 2.56. The van der Waals surface area contributed by atoms with Gasteiger partial charge in [0.05, 0.1) is 6.04 Å². The minimum Gasteiger partial charge on any atom is -0.345 e. The third kappa shape index (κ3) is 1.22. The summed E-state index contributed by atoms with van der Waals surface area (Å²) < 4.78 is 0. The van der Waals surface area contributed by atoms with E-state index < -0.39 is 0 Å². The van der Waals surface area contributed by atoms with E-state index in [1.54, 1.807) is 0 Å². The van der Waals surface area contributed by atoms with Crippen LogP contribution in [0.25, 0.3) is 0 Å². The van der Waals surface area contributed by atoms with Crippen molar-refractivity contribution in [2.45, 2.75) is 26.8 Å². The lowest BCUT2D eigenvalue weighted by atomic mass is 9.92. The van der Waals surface area contributed by atoms with Crippen LogP contribution >= 0.6 is 0 Å². The number of amides is 1. The first-order valence-corrected chi connectivity index (χ1v) is 5.01. The molecule has 0 aliphatic carbocycles. The number of aryl methyl sites for hydroxylation is 1. The fraction of sp³-hybridized carbons (Fsp3) is 0.417. The molecule has 1 aromatic carbocycles. The van der Waals surface area contributed by atoms with Gasteiger partial charge in [0.2, 0.25) is 0 Å². The topological polar surface area (TPSA) is 29.1 Å². The molecule has 2 rings (SSSR count). The van der Waals surface area contributed by atoms with Crippen LogP contribution in [0.2, 0.25) is 0 Å². The highest BCUT2D eigenvalue weighted by Gasteiger charge is 2.31. The zero-order valence-electron chi connectivity index (χ0n) is 8.79. The van der Waals surface area contributed by atoms with E-state index in [9.17, 15) is 4.79 Å². The molecule has 1 aliphatic heterocycles. The molecule has 1 aromatic rings. The molecule has 0 saturated heterocycles. The highest BCUT2D eigenvalue weighted by Crippen LogP contribution is 2.32. The van der Waals surface area contributed by atoms with Gasteiger partial charge in [-0.25, -0.2) is 0 Å². The first-order valence-electron chi connectivity index (χ1n) is 5.01. The third-order valence-electron chi connectivity index (χ3n) is 2.83. The van der Waals surface area contributed by atoms with Crippen molar-refractivity contribution < 1.29 is 4.79 Å². The summed E-state index contributed by atoms with van der Waals surface area (Å²) >= 11 is 0. The number of hydrogen-bond acceptors (Lipinski definition) is 1. The van der Waals surface area contributed by atoms with Crippen molar-refractivity contribution in [3.8, 4) is 0 Å². The van der Waals surface area contributed by atoms with E-state index in [1.807, 2.05) is 12.1 Å². The van der Waals surface area contributed by atoms with E-state index in [1.165, 1.54) is 11.1 Å². The molecule has 2 heteroatoms. The molecule has 2 nitrogen and oxygen atoms in total. The number of rotatable bonds is 1. The molecule has 0 bridgehead atoms. The summed E-state index contributed by atoms with van der Waals surface area (Å²) in [5, 5.41) is 3.02. The summed E-state index contributed by atoms with van der Waals surface area (Å²) in [5.74, 6) is 0.517. The van der Waals surface area contributed by atoms with Gasteiger partial charge in [0.25, 0.3) is 5.91 Å². The predicted octanol–water partition coefficient (Wildman–Crippen LogP) is 2.44. The summed E-state index contributed by atoms with van der Waals surface area (Å²) in [7, 11) is 0. The monoisotopic (exact) mass is 189 g/mol. The van der Waals surface area contributed by atoms with Crippen LogP contribution in [0.5, 0.6) is 0 Å². The maximum absolute atomic E-state index is 11.6. The molecule has 1 atom stereocenters. The van der Waals surface area contributed by atoms with Crippen LogP contribution in [0.4, 0.5) is 0 Å². The van der Waals surface area contributed by atoms with Crippen LogP contribution in [-0.2, 0) is 0 Å². The predicted molar refractivity (Wildman–Crippen MR) is 56.2 cm³/mol. The average Bonchev–Trinajstić information content (AvgIpc) is 2.46. The van der Waals surface area contributed by atoms with Gasteiger partial charge in [-0.05, 0) is 30.0 Å². The minimum absolute atomic E-state index is 0.0717. The minimum atomic E-state index is 0.0717. The summed E-state index contributed by atoms with van der Waals surface area (Å²) in [5.41, 5.74) is 3.25. The van der Waals surface area contributed by atoms with Gasteiger partial charge in [0.15, 0.2) is 0 Å². The summed E-state index contributed by atoms with van der Waals surface area (Å²) in [6, 6.07) is 6.10. The van der Waals surface area contributed by atoms with Gasteiger partial charge in [-0.3, -0.25) is 4.79 Å². The zero-order valence-corrected chi connectivity index (χ0v) is 8.79. The van der Waals surface area contributed by atoms with Crippen molar-refractivity contribution >= 4 is 5.91 Å². The van der Waals surface area contributed by atoms with Gasteiger partial charge in [0, 0.05) is 5.56 Å². The smallest absolute Gasteiger partial charge is 0.252 e. The quantitative estimate of drug-likeness (QED) is 0.722. The molecule has 1 unspecified atom stereocenters. The molecular formula is C12H15NO. The molecular weight excluding hydrogens is 174 g/mol. The molecule has 0 radical (unpaired) electrons. The Hall–Kier alpha value is -1.31. The van der Waals surface area contributed by atoms with Crippen LogP contribution in [0.3, 0.4) is 0 Å². The molecule has 1 aliphatic rings. The summed E-state index contributed by atoms with van der Waals surface area (Å²) in [6.45, 7) is 6.33. The molecule has 1 amide bonds. The second-order valence-corrected chi connectivity index (χ2v) is 4.23. The van der Waals surface area contributed by atoms with Gasteiger partial charge in [-0.15, -0.1) is 0 Å². The molecule has 74 valence electrons. The van der Waals surface area contributed by atoms with E-state index in [0.717, 1.165) is 5.56 Å². The molecule has 0 aromatic heterocycles. The lowest BCUT2D eigenvalue weighted by molar-refractivity contribution is 0.0949. The first-order chi connectivity index (χ1) is 6.61. The van der Waals surface area contributed by atoms with Crippen LogP contribution < -0.4 is 5.32 Å². The number of hydrogen-bond donors (Lipinski definition) is 1. The number of benzene rings is 1. The first kappa shape index (κ1) is 9.25. The van der Waals surface area contributed by atoms with Crippen molar-refractivity contribution in [3.05, 3.63) is 34.9 Å². The van der Waals surface area contributed by atoms with Crippen LogP contribution in [0, 0.1) is 12.8 Å². The summed E-state index contributed by atoms with van der Waals surface area (Å²) in [6.07, 6.45) is 0. The van der Waals surface area contributed by atoms with Crippen molar-refractivity contribution in [2.75, 3.05) is 0 Å². The van der Waals surface area contributed by atoms with Crippen LogP contribution in [0.15, 0.2) is 18.2 Å². The van der Waals surface area contributed by atoms with Crippen molar-refractivity contribution in [2.24, 2.45) is 5.92 Å². The van der Waals surface area contributed by atoms with Crippen molar-refractivity contribution in [1.82, 2.24) is 5.32 Å². The molecule has 0 spiro atoms. The van der Waals surface area contributed by atoms with Gasteiger partial charge in [-0.1, -0.05) is 26.0 Å². The van der Waals surface area contributed by atoms with Gasteiger partial charge < -0.3 is 5.32 Å². The van der Waals surface area contributed by atoms with Crippen LogP contribution in [0.1, 0.15) is 41.4 Å². The van der Waals surface area contributed by atoms with E-state index in [2.05, 4.69) is 32.2 Å². The number of nitrogens with one attached hydrogen (secondary N) is 1. The fourth-order valence-corrected chi connectivity index (χ4v) is 2.08. The normalized spacial score (nSPS) is 19.7. The Morgan fingerprint density at radius 1 is 1.36 bits per heavy atom. The Labute approximate surface area is 84.3 Å². The largest absolute Gasteiger partial charge is 0.345 e. The van der Waals surface area contributed by atoms with E-state index in [0.29, 0.717) is 5.92 Å². The molecule has 1 N–H and O–H groups in total. The Kier molecular flexibility index (Phi) is 2.06. The fourth-order valence-electron chi connectivity index (χ4n) is 2.08. The maximum atomic E-state index is 11.6. The number of fused-ring (bicyclic) bond motifs is 1. The standard InChI is InChI=1S/C12H15NO/c1-7(2)11-10-8(3)5-4-6-9(10)12(14)13-11/h4-7,11H,1-3H3,(H,13,14). The lowest BCUT2D eigenvalue weighted by Crippen LogP contribution is -2.23. The Morgan fingerprint density at radius 2 is 2.07 bits per heavy atom. The second-order valence-electron chi connectivity index (χ2n) is 4.23. The van der Waals surface area contributed by atoms with Gasteiger partial charge in [-0.2, -0.15) is 0 Å². The molecule has 0 saturated carbocycles. The number of carbonyl (C=O) groups excluding carboxylic acids is 1. The molecule has 0 fully saturated rings. The van der Waals surface area contributed by atoms with E-state index >= 15 is 0 Å². The maximum Gasteiger partial charge on any atom is 0.252 e. The Morgan fingerprint density at radius 3 is 2.71 bits per heavy atom. The highest BCUT2D eigenvalue weighted by atomic mass is 16.2. The average molecular weight is 189 g/mol. The van der Waals surface area contributed by atoms with Crippen molar-refractivity contribution in [3.63, 3.8) is 0 Å². The van der Waals surface area contributed by atoms with E-state index in [-0.39, 0.29) is 11.9 Å². The lowest BCUT2D eigenvalue weighted by Gasteiger charge is -2.17. The Bertz CT molecular complexity index is 382. The third-order valence-corrected chi connectivity index (χ3v) is 2.83. The number of carbonyl (C=O) groups is 1. The van der Waals surface area contributed by atoms with Crippen molar-refractivity contribution in [1.29, 1.82) is 0 Å². The molecule has 14 heavy (non-hydrogen) atoms. The SMILES string of the molecule is Cc1cccc2c1C(C(C)C)NC2=O. The molecule has 1 heterocycles. The summed E-state index contributed by atoms with van der Waals surface area (Å²) in [4.78, 5) is 11.6. The van der Waals surface area contributed by atoms with Crippen LogP contribution in [-0.4, -0.2) is 5.91 Å². The van der Waals surface area contributed by atoms with Gasteiger partial charge in [0.1, 0.15) is 0 Å². The van der Waals surface area contributed by atoms with E-state index in [4.69, 9.17) is 0 Å². The highest BCUT2D eigenvalue weighted by molar-refractivity contribution is 5.99. The second kappa shape index (κ2) is 3.12. The van der Waals surface area contributed by atoms with Gasteiger partial charge >= 0.3 is 0 Å².